The molecule has 3 heteroatoms. The molecule has 1 rings (SSSR count). The molecule has 0 aromatic carbocycles. The average molecular weight is 168 g/mol. The van der Waals surface area contributed by atoms with Crippen LogP contribution in [0.4, 0.5) is 0 Å². The summed E-state index contributed by atoms with van der Waals surface area (Å²) in [5.74, 6) is 0.409. The number of hydrogen-bond acceptors (Lipinski definition) is 3. The van der Waals surface area contributed by atoms with Gasteiger partial charge in [0.25, 0.3) is 0 Å². The van der Waals surface area contributed by atoms with Gasteiger partial charge in [-0.2, -0.15) is 0 Å². The molecule has 3 nitrogen and oxygen atoms in total. The minimum Gasteiger partial charge on any atom is -0.465 e. The summed E-state index contributed by atoms with van der Waals surface area (Å²) in [6.45, 7) is 3.65. The van der Waals surface area contributed by atoms with Crippen LogP contribution in [0.5, 0.6) is 0 Å². The number of carbonyl (C=O) groups excluding carboxylic acids is 1. The Balaban J connectivity index is 2.47. The first-order valence-corrected chi connectivity index (χ1v) is 3.92. The summed E-state index contributed by atoms with van der Waals surface area (Å²) in [5.41, 5.74) is 1.12. The molecule has 0 aliphatic heterocycles. The molecule has 0 bridgehead atoms. The SMILES string of the molecule is CCc1coc(COC(C)=O)c1. The molecule has 0 saturated heterocycles. The Morgan fingerprint density at radius 3 is 2.92 bits per heavy atom. The van der Waals surface area contributed by atoms with Crippen LogP contribution in [0.1, 0.15) is 25.2 Å². The Morgan fingerprint density at radius 1 is 1.67 bits per heavy atom. The first-order chi connectivity index (χ1) is 5.72. The maximum atomic E-state index is 10.4. The highest BCUT2D eigenvalue weighted by Gasteiger charge is 2.01. The molecular formula is C9H12O3. The molecule has 0 aliphatic rings. The highest BCUT2D eigenvalue weighted by Crippen LogP contribution is 2.09. The lowest BCUT2D eigenvalue weighted by Gasteiger charge is -1.95. The van der Waals surface area contributed by atoms with Crippen molar-refractivity contribution in [3.63, 3.8) is 0 Å². The van der Waals surface area contributed by atoms with Gasteiger partial charge < -0.3 is 9.15 Å². The van der Waals surface area contributed by atoms with Crippen molar-refractivity contribution in [1.82, 2.24) is 0 Å². The summed E-state index contributed by atoms with van der Waals surface area (Å²) in [6.07, 6.45) is 2.61. The van der Waals surface area contributed by atoms with Crippen LogP contribution in [0.3, 0.4) is 0 Å². The van der Waals surface area contributed by atoms with Gasteiger partial charge in [-0.25, -0.2) is 0 Å². The Morgan fingerprint density at radius 2 is 2.42 bits per heavy atom. The molecule has 0 spiro atoms. The average Bonchev–Trinajstić information content (AvgIpc) is 2.48. The van der Waals surface area contributed by atoms with E-state index in [1.54, 1.807) is 6.26 Å². The van der Waals surface area contributed by atoms with Crippen LogP contribution < -0.4 is 0 Å². The monoisotopic (exact) mass is 168 g/mol. The van der Waals surface area contributed by atoms with Crippen LogP contribution in [0.2, 0.25) is 0 Å². The highest BCUT2D eigenvalue weighted by atomic mass is 16.5. The van der Waals surface area contributed by atoms with E-state index in [1.165, 1.54) is 6.92 Å². The molecule has 12 heavy (non-hydrogen) atoms. The van der Waals surface area contributed by atoms with E-state index in [0.29, 0.717) is 5.76 Å². The van der Waals surface area contributed by atoms with Gasteiger partial charge in [-0.1, -0.05) is 6.92 Å². The first-order valence-electron chi connectivity index (χ1n) is 3.92. The molecule has 0 amide bonds. The number of aryl methyl sites for hydroxylation is 1. The zero-order valence-corrected chi connectivity index (χ0v) is 7.29. The highest BCUT2D eigenvalue weighted by molar-refractivity contribution is 5.65. The summed E-state index contributed by atoms with van der Waals surface area (Å²) in [4.78, 5) is 10.4. The van der Waals surface area contributed by atoms with E-state index in [2.05, 4.69) is 0 Å². The Hall–Kier alpha value is -1.25. The summed E-state index contributed by atoms with van der Waals surface area (Å²) < 4.78 is 9.88. The number of hydrogen-bond donors (Lipinski definition) is 0. The number of furan rings is 1. The third kappa shape index (κ3) is 2.42. The Bertz CT molecular complexity index is 262. The van der Waals surface area contributed by atoms with Gasteiger partial charge in [0.15, 0.2) is 0 Å². The van der Waals surface area contributed by atoms with E-state index in [9.17, 15) is 4.79 Å². The van der Waals surface area contributed by atoms with Gasteiger partial charge in [0, 0.05) is 6.92 Å². The molecule has 1 heterocycles. The third-order valence-electron chi connectivity index (χ3n) is 1.53. The molecular weight excluding hydrogens is 156 g/mol. The van der Waals surface area contributed by atoms with Crippen LogP contribution in [-0.2, 0) is 22.6 Å². The van der Waals surface area contributed by atoms with Crippen molar-refractivity contribution < 1.29 is 13.9 Å². The zero-order valence-electron chi connectivity index (χ0n) is 7.29. The van der Waals surface area contributed by atoms with Crippen molar-refractivity contribution in [3.8, 4) is 0 Å². The van der Waals surface area contributed by atoms with Crippen molar-refractivity contribution >= 4 is 5.97 Å². The minimum atomic E-state index is -0.288. The third-order valence-corrected chi connectivity index (χ3v) is 1.53. The number of esters is 1. The predicted molar refractivity (Wildman–Crippen MR) is 43.6 cm³/mol. The quantitative estimate of drug-likeness (QED) is 0.647. The van der Waals surface area contributed by atoms with Gasteiger partial charge in [0.1, 0.15) is 12.4 Å². The lowest BCUT2D eigenvalue weighted by atomic mass is 10.2. The van der Waals surface area contributed by atoms with E-state index < -0.39 is 0 Å². The molecule has 0 aliphatic carbocycles. The smallest absolute Gasteiger partial charge is 0.303 e. The fourth-order valence-electron chi connectivity index (χ4n) is 0.860. The van der Waals surface area contributed by atoms with Crippen LogP contribution in [0, 0.1) is 0 Å². The van der Waals surface area contributed by atoms with Crippen molar-refractivity contribution in [2.45, 2.75) is 26.9 Å². The molecule has 0 N–H and O–H groups in total. The number of rotatable bonds is 3. The summed E-state index contributed by atoms with van der Waals surface area (Å²) >= 11 is 0. The molecule has 1 aromatic rings. The molecule has 0 unspecified atom stereocenters. The standard InChI is InChI=1S/C9H12O3/c1-3-8-4-9(12-5-8)6-11-7(2)10/h4-5H,3,6H2,1-2H3. The molecule has 0 atom stereocenters. The normalized spacial score (nSPS) is 9.83. The Labute approximate surface area is 71.3 Å². The van der Waals surface area contributed by atoms with Crippen molar-refractivity contribution in [2.75, 3.05) is 0 Å². The fourth-order valence-corrected chi connectivity index (χ4v) is 0.860. The predicted octanol–water partition coefficient (Wildman–Crippen LogP) is 1.91. The van der Waals surface area contributed by atoms with E-state index in [0.717, 1.165) is 12.0 Å². The van der Waals surface area contributed by atoms with Crippen LogP contribution in [0.25, 0.3) is 0 Å². The summed E-state index contributed by atoms with van der Waals surface area (Å²) in [6, 6.07) is 1.89. The zero-order chi connectivity index (χ0) is 8.97. The maximum absolute atomic E-state index is 10.4. The molecule has 0 fully saturated rings. The lowest BCUT2D eigenvalue weighted by Crippen LogP contribution is -1.97. The van der Waals surface area contributed by atoms with E-state index in [4.69, 9.17) is 9.15 Å². The second-order valence-electron chi connectivity index (χ2n) is 2.56. The van der Waals surface area contributed by atoms with E-state index in [-0.39, 0.29) is 12.6 Å². The summed E-state index contributed by atoms with van der Waals surface area (Å²) in [7, 11) is 0. The van der Waals surface area contributed by atoms with Crippen molar-refractivity contribution in [2.24, 2.45) is 0 Å². The first kappa shape index (κ1) is 8.84. The number of ether oxygens (including phenoxy) is 1. The van der Waals surface area contributed by atoms with Crippen molar-refractivity contribution in [1.29, 1.82) is 0 Å². The second-order valence-corrected chi connectivity index (χ2v) is 2.56. The molecule has 0 radical (unpaired) electrons. The van der Waals surface area contributed by atoms with E-state index >= 15 is 0 Å². The summed E-state index contributed by atoms with van der Waals surface area (Å²) in [5, 5.41) is 0. The topological polar surface area (TPSA) is 39.4 Å². The maximum Gasteiger partial charge on any atom is 0.303 e. The van der Waals surface area contributed by atoms with Gasteiger partial charge in [-0.05, 0) is 18.1 Å². The van der Waals surface area contributed by atoms with Gasteiger partial charge >= 0.3 is 5.97 Å². The van der Waals surface area contributed by atoms with Gasteiger partial charge in [-0.3, -0.25) is 4.79 Å². The Kier molecular flexibility index (Phi) is 2.91. The van der Waals surface area contributed by atoms with Crippen LogP contribution in [0.15, 0.2) is 16.7 Å². The van der Waals surface area contributed by atoms with Gasteiger partial charge in [-0.15, -0.1) is 0 Å². The molecule has 1 aromatic heterocycles. The van der Waals surface area contributed by atoms with Crippen LogP contribution >= 0.6 is 0 Å². The lowest BCUT2D eigenvalue weighted by molar-refractivity contribution is -0.142. The number of carbonyl (C=O) groups is 1. The van der Waals surface area contributed by atoms with E-state index in [1.807, 2.05) is 13.0 Å². The largest absolute Gasteiger partial charge is 0.465 e. The van der Waals surface area contributed by atoms with Crippen LogP contribution in [-0.4, -0.2) is 5.97 Å². The second kappa shape index (κ2) is 3.95. The fraction of sp³-hybridized carbons (Fsp3) is 0.444. The van der Waals surface area contributed by atoms with Gasteiger partial charge in [0.2, 0.25) is 0 Å². The van der Waals surface area contributed by atoms with Gasteiger partial charge in [0.05, 0.1) is 6.26 Å². The minimum absolute atomic E-state index is 0.231. The molecule has 66 valence electrons. The van der Waals surface area contributed by atoms with Crippen molar-refractivity contribution in [3.05, 3.63) is 23.7 Å². The molecule has 0 saturated carbocycles.